The highest BCUT2D eigenvalue weighted by atomic mass is 32.2. The monoisotopic (exact) mass is 324 g/mol. The van der Waals surface area contributed by atoms with Crippen LogP contribution in [0.3, 0.4) is 0 Å². The van der Waals surface area contributed by atoms with Gasteiger partial charge in [0.15, 0.2) is 6.79 Å². The number of ether oxygens (including phenoxy) is 2. The third kappa shape index (κ3) is 3.07. The largest absolute Gasteiger partial charge is 0.467 e. The molecule has 0 radical (unpaired) electrons. The van der Waals surface area contributed by atoms with Gasteiger partial charge in [0.2, 0.25) is 5.16 Å². The zero-order valence-corrected chi connectivity index (χ0v) is 13.5. The molecule has 0 unspecified atom stereocenters. The highest BCUT2D eigenvalue weighted by Crippen LogP contribution is 2.34. The van der Waals surface area contributed by atoms with Crippen molar-refractivity contribution < 1.29 is 13.9 Å². The summed E-state index contributed by atoms with van der Waals surface area (Å²) in [5.41, 5.74) is 1.31. The molecule has 2 heterocycles. The summed E-state index contributed by atoms with van der Waals surface area (Å²) in [6.45, 7) is 6.63. The second-order valence-corrected chi connectivity index (χ2v) is 6.94. The van der Waals surface area contributed by atoms with E-state index in [-0.39, 0.29) is 18.1 Å². The molecule has 0 N–H and O–H groups in total. The Bertz CT molecular complexity index is 684. The normalized spacial score (nSPS) is 14.5. The van der Waals surface area contributed by atoms with Crippen LogP contribution in [0.2, 0.25) is 0 Å². The zero-order valence-electron chi connectivity index (χ0n) is 12.7. The van der Waals surface area contributed by atoms with E-state index in [0.29, 0.717) is 23.3 Å². The van der Waals surface area contributed by atoms with E-state index in [1.165, 1.54) is 23.9 Å². The fraction of sp³-hybridized carbons (Fsp3) is 0.500. The molecule has 0 atom stereocenters. The molecule has 1 aliphatic rings. The van der Waals surface area contributed by atoms with Crippen molar-refractivity contribution in [1.82, 2.24) is 20.2 Å². The summed E-state index contributed by atoms with van der Waals surface area (Å²) in [4.78, 5) is 0. The smallest absolute Gasteiger partial charge is 0.210 e. The van der Waals surface area contributed by atoms with Gasteiger partial charge < -0.3 is 9.47 Å². The molecule has 118 valence electrons. The molecular formula is C14H17FN4O2S. The maximum Gasteiger partial charge on any atom is 0.210 e. The topological polar surface area (TPSA) is 62.1 Å². The summed E-state index contributed by atoms with van der Waals surface area (Å²) in [6.07, 6.45) is 0. The average molecular weight is 324 g/mol. The van der Waals surface area contributed by atoms with Gasteiger partial charge >= 0.3 is 0 Å². The number of nitrogens with zero attached hydrogens (tertiary/aromatic N) is 4. The van der Waals surface area contributed by atoms with Crippen molar-refractivity contribution in [2.75, 3.05) is 6.79 Å². The predicted molar refractivity (Wildman–Crippen MR) is 79.1 cm³/mol. The molecule has 0 saturated heterocycles. The minimum absolute atomic E-state index is 0.191. The molecule has 6 nitrogen and oxygen atoms in total. The molecule has 0 amide bonds. The van der Waals surface area contributed by atoms with Crippen LogP contribution in [0.25, 0.3) is 0 Å². The number of thioether (sulfide) groups is 1. The van der Waals surface area contributed by atoms with E-state index in [4.69, 9.17) is 9.47 Å². The Morgan fingerprint density at radius 3 is 2.95 bits per heavy atom. The Balaban J connectivity index is 1.83. The van der Waals surface area contributed by atoms with E-state index in [9.17, 15) is 4.39 Å². The van der Waals surface area contributed by atoms with Crippen molar-refractivity contribution in [2.24, 2.45) is 0 Å². The third-order valence-corrected chi connectivity index (χ3v) is 4.15. The number of rotatable bonds is 3. The first-order valence-corrected chi connectivity index (χ1v) is 7.87. The molecule has 22 heavy (non-hydrogen) atoms. The lowest BCUT2D eigenvalue weighted by atomic mass is 10.1. The van der Waals surface area contributed by atoms with E-state index >= 15 is 0 Å². The summed E-state index contributed by atoms with van der Waals surface area (Å²) in [5, 5.41) is 12.5. The van der Waals surface area contributed by atoms with E-state index in [2.05, 4.69) is 15.5 Å². The first-order valence-electron chi connectivity index (χ1n) is 6.88. The molecule has 1 aromatic heterocycles. The standard InChI is InChI=1S/C14H17FN4O2S/c1-14(2,3)19-13(16-17-18-19)22-7-10-5-11(15)4-9-6-20-8-21-12(9)10/h4-5H,6-8H2,1-3H3. The van der Waals surface area contributed by atoms with Crippen LogP contribution >= 0.6 is 11.8 Å². The minimum Gasteiger partial charge on any atom is -0.467 e. The van der Waals surface area contributed by atoms with Gasteiger partial charge in [0, 0.05) is 16.9 Å². The van der Waals surface area contributed by atoms with Gasteiger partial charge in [-0.05, 0) is 43.3 Å². The number of hydrogen-bond acceptors (Lipinski definition) is 6. The van der Waals surface area contributed by atoms with Crippen molar-refractivity contribution in [3.05, 3.63) is 29.1 Å². The van der Waals surface area contributed by atoms with Gasteiger partial charge in [0.05, 0.1) is 12.1 Å². The molecule has 2 aromatic rings. The molecule has 0 spiro atoms. The van der Waals surface area contributed by atoms with Crippen molar-refractivity contribution in [2.45, 2.75) is 43.8 Å². The van der Waals surface area contributed by atoms with Gasteiger partial charge in [-0.3, -0.25) is 0 Å². The van der Waals surface area contributed by atoms with Gasteiger partial charge in [-0.25, -0.2) is 9.07 Å². The third-order valence-electron chi connectivity index (χ3n) is 3.18. The number of tetrazole rings is 1. The van der Waals surface area contributed by atoms with Crippen LogP contribution in [-0.2, 0) is 22.6 Å². The van der Waals surface area contributed by atoms with Gasteiger partial charge in [0.25, 0.3) is 0 Å². The maximum atomic E-state index is 13.7. The number of hydrogen-bond donors (Lipinski definition) is 0. The van der Waals surface area contributed by atoms with Crippen molar-refractivity contribution in [1.29, 1.82) is 0 Å². The fourth-order valence-corrected chi connectivity index (χ4v) is 3.22. The van der Waals surface area contributed by atoms with Crippen LogP contribution < -0.4 is 4.74 Å². The minimum atomic E-state index is -0.293. The lowest BCUT2D eigenvalue weighted by molar-refractivity contribution is -0.0171. The van der Waals surface area contributed by atoms with E-state index in [1.54, 1.807) is 4.68 Å². The van der Waals surface area contributed by atoms with Gasteiger partial charge in [-0.2, -0.15) is 0 Å². The molecule has 0 aliphatic carbocycles. The molecule has 0 fully saturated rings. The Kier molecular flexibility index (Phi) is 4.05. The molecule has 0 bridgehead atoms. The number of benzene rings is 1. The van der Waals surface area contributed by atoms with Crippen LogP contribution in [-0.4, -0.2) is 27.0 Å². The predicted octanol–water partition coefficient (Wildman–Crippen LogP) is 2.73. The summed E-state index contributed by atoms with van der Waals surface area (Å²) >= 11 is 1.45. The number of halogens is 1. The Morgan fingerprint density at radius 1 is 1.36 bits per heavy atom. The van der Waals surface area contributed by atoms with Gasteiger partial charge in [-0.1, -0.05) is 11.8 Å². The quantitative estimate of drug-likeness (QED) is 0.809. The Hall–Kier alpha value is -1.67. The molecule has 8 heteroatoms. The van der Waals surface area contributed by atoms with Gasteiger partial charge in [0.1, 0.15) is 11.6 Å². The summed E-state index contributed by atoms with van der Waals surface area (Å²) in [5.74, 6) is 0.935. The first kappa shape index (κ1) is 15.2. The van der Waals surface area contributed by atoms with Crippen molar-refractivity contribution in [3.63, 3.8) is 0 Å². The lowest BCUT2D eigenvalue weighted by Gasteiger charge is -2.21. The highest BCUT2D eigenvalue weighted by molar-refractivity contribution is 7.98. The van der Waals surface area contributed by atoms with Crippen LogP contribution in [0.15, 0.2) is 17.3 Å². The highest BCUT2D eigenvalue weighted by Gasteiger charge is 2.22. The van der Waals surface area contributed by atoms with E-state index in [0.717, 1.165) is 11.1 Å². The van der Waals surface area contributed by atoms with Crippen LogP contribution in [0, 0.1) is 5.82 Å². The summed E-state index contributed by atoms with van der Waals surface area (Å²) in [7, 11) is 0. The number of fused-ring (bicyclic) bond motifs is 1. The van der Waals surface area contributed by atoms with Crippen molar-refractivity contribution >= 4 is 11.8 Å². The Labute approximate surface area is 132 Å². The molecule has 1 aliphatic heterocycles. The lowest BCUT2D eigenvalue weighted by Crippen LogP contribution is -2.24. The van der Waals surface area contributed by atoms with Crippen LogP contribution in [0.1, 0.15) is 31.9 Å². The van der Waals surface area contributed by atoms with Crippen LogP contribution in [0.4, 0.5) is 4.39 Å². The van der Waals surface area contributed by atoms with E-state index < -0.39 is 0 Å². The second-order valence-electron chi connectivity index (χ2n) is 6.00. The number of aromatic nitrogens is 4. The maximum absolute atomic E-state index is 13.7. The SMILES string of the molecule is CC(C)(C)n1nnnc1SCc1cc(F)cc2c1OCOC2. The molecule has 0 saturated carbocycles. The van der Waals surface area contributed by atoms with Crippen molar-refractivity contribution in [3.8, 4) is 5.75 Å². The van der Waals surface area contributed by atoms with Crippen LogP contribution in [0.5, 0.6) is 5.75 Å². The first-order chi connectivity index (χ1) is 10.4. The summed E-state index contributed by atoms with van der Waals surface area (Å²) in [6, 6.07) is 2.93. The molecule has 1 aromatic carbocycles. The molecular weight excluding hydrogens is 307 g/mol. The van der Waals surface area contributed by atoms with E-state index in [1.807, 2.05) is 20.8 Å². The van der Waals surface area contributed by atoms with Gasteiger partial charge in [-0.15, -0.1) is 5.10 Å². The zero-order chi connectivity index (χ0) is 15.7. The summed E-state index contributed by atoms with van der Waals surface area (Å²) < 4.78 is 26.2. The second kappa shape index (κ2) is 5.85. The molecule has 3 rings (SSSR count). The average Bonchev–Trinajstić information content (AvgIpc) is 2.93. The fourth-order valence-electron chi connectivity index (χ4n) is 2.20. The Morgan fingerprint density at radius 2 is 2.18 bits per heavy atom.